The molecule has 0 spiro atoms. The van der Waals surface area contributed by atoms with Crippen LogP contribution in [0.3, 0.4) is 0 Å². The number of hydrazone groups is 1. The molecule has 4 rings (SSSR count). The van der Waals surface area contributed by atoms with Crippen molar-refractivity contribution in [3.8, 4) is 0 Å². The van der Waals surface area contributed by atoms with Crippen LogP contribution in [-0.4, -0.2) is 28.2 Å². The lowest BCUT2D eigenvalue weighted by Gasteiger charge is -2.18. The average Bonchev–Trinajstić information content (AvgIpc) is 2.86. The molecular formula is C24H17Cl2N5O3. The van der Waals surface area contributed by atoms with Crippen LogP contribution < -0.4 is 16.3 Å². The van der Waals surface area contributed by atoms with Crippen molar-refractivity contribution in [2.45, 2.75) is 6.04 Å². The lowest BCUT2D eigenvalue weighted by molar-refractivity contribution is -0.123. The Balaban J connectivity index is 1.66. The molecular weight excluding hydrogens is 477 g/mol. The van der Waals surface area contributed by atoms with Gasteiger partial charge in [0.2, 0.25) is 0 Å². The Kier molecular flexibility index (Phi) is 7.01. The zero-order chi connectivity index (χ0) is 24.1. The number of fused-ring (bicyclic) bond motifs is 1. The Morgan fingerprint density at radius 2 is 1.65 bits per heavy atom. The van der Waals surface area contributed by atoms with Crippen LogP contribution in [-0.2, 0) is 4.79 Å². The molecule has 1 atom stereocenters. The summed E-state index contributed by atoms with van der Waals surface area (Å²) in [6.07, 6.45) is 1.38. The second-order valence-corrected chi connectivity index (χ2v) is 7.98. The Hall–Kier alpha value is -4.01. The molecule has 1 heterocycles. The first-order valence-corrected chi connectivity index (χ1v) is 10.8. The minimum Gasteiger partial charge on any atom is -0.335 e. The van der Waals surface area contributed by atoms with E-state index in [0.29, 0.717) is 31.9 Å². The number of aromatic nitrogens is 2. The first-order valence-electron chi connectivity index (χ1n) is 10.1. The number of nitrogens with zero attached hydrogens (tertiary/aromatic N) is 2. The van der Waals surface area contributed by atoms with Gasteiger partial charge in [-0.25, -0.2) is 10.5 Å². The number of carbonyl (C=O) groups is 2. The summed E-state index contributed by atoms with van der Waals surface area (Å²) in [5, 5.41) is 14.6. The topological polar surface area (TPSA) is 116 Å². The van der Waals surface area contributed by atoms with E-state index in [-0.39, 0.29) is 5.69 Å². The zero-order valence-corrected chi connectivity index (χ0v) is 19.0. The molecule has 3 N–H and O–H groups in total. The van der Waals surface area contributed by atoms with E-state index in [0.717, 1.165) is 0 Å². The zero-order valence-electron chi connectivity index (χ0n) is 17.5. The summed E-state index contributed by atoms with van der Waals surface area (Å²) >= 11 is 11.9. The van der Waals surface area contributed by atoms with Gasteiger partial charge in [-0.2, -0.15) is 10.2 Å². The molecule has 1 aromatic heterocycles. The van der Waals surface area contributed by atoms with E-state index in [9.17, 15) is 14.4 Å². The van der Waals surface area contributed by atoms with Crippen molar-refractivity contribution < 1.29 is 9.59 Å². The smallest absolute Gasteiger partial charge is 0.272 e. The molecule has 1 unspecified atom stereocenters. The van der Waals surface area contributed by atoms with Gasteiger partial charge in [0.1, 0.15) is 5.69 Å². The highest BCUT2D eigenvalue weighted by Gasteiger charge is 2.27. The molecule has 0 aliphatic carbocycles. The van der Waals surface area contributed by atoms with Crippen molar-refractivity contribution in [1.29, 1.82) is 0 Å². The normalized spacial score (nSPS) is 11.9. The van der Waals surface area contributed by atoms with Crippen LogP contribution in [0.5, 0.6) is 0 Å². The lowest BCUT2D eigenvalue weighted by Crippen LogP contribution is -2.40. The highest BCUT2D eigenvalue weighted by atomic mass is 35.5. The monoisotopic (exact) mass is 493 g/mol. The SMILES string of the molecule is O=C(NC(C(=O)N/N=C\c1ccc(Cl)c(Cl)c1)c1n[nH]c(=O)c2ccccc12)c1ccccc1. The number of carbonyl (C=O) groups excluding carboxylic acids is 2. The number of hydrogen-bond acceptors (Lipinski definition) is 5. The number of rotatable bonds is 6. The van der Waals surface area contributed by atoms with Crippen LogP contribution in [0, 0.1) is 0 Å². The van der Waals surface area contributed by atoms with E-state index in [2.05, 4.69) is 26.0 Å². The summed E-state index contributed by atoms with van der Waals surface area (Å²) in [6, 6.07) is 18.7. The highest BCUT2D eigenvalue weighted by molar-refractivity contribution is 6.42. The summed E-state index contributed by atoms with van der Waals surface area (Å²) in [5.74, 6) is -1.16. The Labute approximate surface area is 203 Å². The number of amides is 2. The molecule has 3 aromatic carbocycles. The van der Waals surface area contributed by atoms with Crippen molar-refractivity contribution in [2.75, 3.05) is 0 Å². The van der Waals surface area contributed by atoms with Crippen LogP contribution in [0.25, 0.3) is 10.8 Å². The molecule has 170 valence electrons. The maximum atomic E-state index is 13.1. The summed E-state index contributed by atoms with van der Waals surface area (Å²) in [4.78, 5) is 38.2. The summed E-state index contributed by atoms with van der Waals surface area (Å²) < 4.78 is 0. The van der Waals surface area contributed by atoms with E-state index in [1.165, 1.54) is 6.21 Å². The fraction of sp³-hybridized carbons (Fsp3) is 0.0417. The number of aromatic amines is 1. The predicted octanol–water partition coefficient (Wildman–Crippen LogP) is 3.85. The minimum atomic E-state index is -1.25. The van der Waals surface area contributed by atoms with Crippen molar-refractivity contribution in [1.82, 2.24) is 20.9 Å². The van der Waals surface area contributed by atoms with Gasteiger partial charge in [-0.15, -0.1) is 0 Å². The second kappa shape index (κ2) is 10.3. The van der Waals surface area contributed by atoms with Gasteiger partial charge in [0, 0.05) is 10.9 Å². The summed E-state index contributed by atoms with van der Waals surface area (Å²) in [6.45, 7) is 0. The highest BCUT2D eigenvalue weighted by Crippen LogP contribution is 2.22. The van der Waals surface area contributed by atoms with Crippen molar-refractivity contribution >= 4 is 52.0 Å². The lowest BCUT2D eigenvalue weighted by atomic mass is 10.0. The van der Waals surface area contributed by atoms with Crippen molar-refractivity contribution in [3.05, 3.63) is 110 Å². The maximum absolute atomic E-state index is 13.1. The van der Waals surface area contributed by atoms with Crippen LogP contribution in [0.4, 0.5) is 0 Å². The second-order valence-electron chi connectivity index (χ2n) is 7.16. The molecule has 0 fully saturated rings. The van der Waals surface area contributed by atoms with Gasteiger partial charge in [-0.3, -0.25) is 14.4 Å². The largest absolute Gasteiger partial charge is 0.335 e. The van der Waals surface area contributed by atoms with Crippen molar-refractivity contribution in [3.63, 3.8) is 0 Å². The molecule has 2 amide bonds. The van der Waals surface area contributed by atoms with E-state index >= 15 is 0 Å². The van der Waals surface area contributed by atoms with E-state index in [1.807, 2.05) is 0 Å². The average molecular weight is 494 g/mol. The third-order valence-electron chi connectivity index (χ3n) is 4.90. The van der Waals surface area contributed by atoms with Crippen LogP contribution in [0.2, 0.25) is 10.0 Å². The van der Waals surface area contributed by atoms with Gasteiger partial charge in [0.15, 0.2) is 6.04 Å². The standard InChI is InChI=1S/C24H17Cl2N5O3/c25-18-11-10-14(12-19(18)26)13-27-30-24(34)21(28-22(32)15-6-2-1-3-7-15)20-16-8-4-5-9-17(16)23(33)31-29-20/h1-13,21H,(H,28,32)(H,30,34)(H,31,33)/b27-13-. The van der Waals surface area contributed by atoms with Gasteiger partial charge in [-0.1, -0.05) is 65.7 Å². The Morgan fingerprint density at radius 3 is 2.38 bits per heavy atom. The first kappa shape index (κ1) is 23.2. The first-order chi connectivity index (χ1) is 16.4. The number of nitrogens with one attached hydrogen (secondary N) is 3. The fourth-order valence-corrected chi connectivity index (χ4v) is 3.55. The Bertz CT molecular complexity index is 1450. The third-order valence-corrected chi connectivity index (χ3v) is 5.64. The van der Waals surface area contributed by atoms with Gasteiger partial charge in [0.05, 0.1) is 21.6 Å². The summed E-state index contributed by atoms with van der Waals surface area (Å²) in [7, 11) is 0. The predicted molar refractivity (Wildman–Crippen MR) is 131 cm³/mol. The van der Waals surface area contributed by atoms with Gasteiger partial charge >= 0.3 is 0 Å². The number of halogens is 2. The van der Waals surface area contributed by atoms with E-state index < -0.39 is 23.4 Å². The molecule has 0 bridgehead atoms. The Morgan fingerprint density at radius 1 is 0.941 bits per heavy atom. The van der Waals surface area contributed by atoms with Crippen LogP contribution in [0.1, 0.15) is 27.7 Å². The number of H-pyrrole nitrogens is 1. The molecule has 0 saturated carbocycles. The van der Waals surface area contributed by atoms with Crippen molar-refractivity contribution in [2.24, 2.45) is 5.10 Å². The molecule has 0 radical (unpaired) electrons. The molecule has 4 aromatic rings. The molecule has 0 aliphatic rings. The minimum absolute atomic E-state index is 0.168. The maximum Gasteiger partial charge on any atom is 0.272 e. The summed E-state index contributed by atoms with van der Waals surface area (Å²) in [5.41, 5.74) is 3.12. The van der Waals surface area contributed by atoms with Gasteiger partial charge in [0.25, 0.3) is 17.4 Å². The molecule has 8 nitrogen and oxygen atoms in total. The van der Waals surface area contributed by atoms with Gasteiger partial charge < -0.3 is 5.32 Å². The van der Waals surface area contributed by atoms with Gasteiger partial charge in [-0.05, 0) is 35.9 Å². The molecule has 10 heteroatoms. The fourth-order valence-electron chi connectivity index (χ4n) is 3.25. The van der Waals surface area contributed by atoms with E-state index in [4.69, 9.17) is 23.2 Å². The third kappa shape index (κ3) is 5.14. The number of benzene rings is 3. The van der Waals surface area contributed by atoms with Crippen LogP contribution >= 0.6 is 23.2 Å². The van der Waals surface area contributed by atoms with Crippen LogP contribution in [0.15, 0.2) is 82.7 Å². The number of hydrogen-bond donors (Lipinski definition) is 3. The molecule has 0 saturated heterocycles. The molecule has 0 aliphatic heterocycles. The quantitative estimate of drug-likeness (QED) is 0.279. The molecule has 34 heavy (non-hydrogen) atoms. The van der Waals surface area contributed by atoms with E-state index in [1.54, 1.807) is 72.8 Å².